The van der Waals surface area contributed by atoms with Crippen molar-refractivity contribution < 1.29 is 28.6 Å². The fourth-order valence-corrected chi connectivity index (χ4v) is 6.96. The van der Waals surface area contributed by atoms with E-state index in [0.29, 0.717) is 32.8 Å². The highest BCUT2D eigenvalue weighted by Crippen LogP contribution is 2.25. The molecule has 0 heterocycles. The average Bonchev–Trinajstić information content (AvgIpc) is 3.22. The number of hydrogen-bond donors (Lipinski definition) is 0. The van der Waals surface area contributed by atoms with Crippen molar-refractivity contribution >= 4 is 12.4 Å². The van der Waals surface area contributed by atoms with Gasteiger partial charge in [0, 0.05) is 29.7 Å². The lowest BCUT2D eigenvalue weighted by Gasteiger charge is -2.13. The fraction of sp³-hybridized carbons (Fsp3) is 0.714. The SMILES string of the molecule is CCCCCCCCCCCCCCCOc1cc(C=NOC)cc(OCCCOc2cc(C=NOC)cc(OCCCCCCCCCCCCCCC)c2)c1. The van der Waals surface area contributed by atoms with Crippen molar-refractivity contribution in [2.24, 2.45) is 10.3 Å². The molecule has 0 aliphatic carbocycles. The number of benzene rings is 2. The third-order valence-corrected chi connectivity index (χ3v) is 10.3. The lowest BCUT2D eigenvalue weighted by atomic mass is 10.0. The molecule has 0 bridgehead atoms. The molecule has 8 nitrogen and oxygen atoms in total. The first kappa shape index (κ1) is 49.7. The van der Waals surface area contributed by atoms with Crippen molar-refractivity contribution in [3.63, 3.8) is 0 Å². The van der Waals surface area contributed by atoms with E-state index in [0.717, 1.165) is 47.0 Å². The summed E-state index contributed by atoms with van der Waals surface area (Å²) in [5.41, 5.74) is 1.73. The van der Waals surface area contributed by atoms with Gasteiger partial charge in [0.2, 0.25) is 0 Å². The van der Waals surface area contributed by atoms with Crippen molar-refractivity contribution in [2.75, 3.05) is 40.6 Å². The molecule has 2 rings (SSSR count). The monoisotopic (exact) mass is 795 g/mol. The van der Waals surface area contributed by atoms with E-state index in [9.17, 15) is 0 Å². The number of rotatable bonds is 40. The second kappa shape index (κ2) is 36.9. The van der Waals surface area contributed by atoms with E-state index < -0.39 is 0 Å². The smallest absolute Gasteiger partial charge is 0.123 e. The molecule has 0 saturated carbocycles. The Hall–Kier alpha value is -3.42. The van der Waals surface area contributed by atoms with Gasteiger partial charge in [0.05, 0.1) is 38.9 Å². The van der Waals surface area contributed by atoms with E-state index in [4.69, 9.17) is 28.6 Å². The molecule has 2 aromatic rings. The normalized spacial score (nSPS) is 11.4. The number of oxime groups is 2. The van der Waals surface area contributed by atoms with Crippen LogP contribution in [0.25, 0.3) is 0 Å². The zero-order chi connectivity index (χ0) is 40.7. The summed E-state index contributed by atoms with van der Waals surface area (Å²) in [7, 11) is 3.08. The van der Waals surface area contributed by atoms with Crippen LogP contribution in [0.2, 0.25) is 0 Å². The van der Waals surface area contributed by atoms with Crippen LogP contribution in [0.15, 0.2) is 46.7 Å². The number of ether oxygens (including phenoxy) is 4. The van der Waals surface area contributed by atoms with E-state index in [1.807, 2.05) is 36.4 Å². The number of hydrogen-bond acceptors (Lipinski definition) is 8. The third-order valence-electron chi connectivity index (χ3n) is 10.3. The van der Waals surface area contributed by atoms with E-state index in [1.54, 1.807) is 26.6 Å². The van der Waals surface area contributed by atoms with Gasteiger partial charge in [-0.2, -0.15) is 0 Å². The standard InChI is InChI=1S/C49H82N2O6/c1-5-7-9-11-13-15-17-19-21-23-25-27-29-32-54-46-36-44(42-50-52-3)38-48(40-46)56-34-31-35-57-49-39-45(43-51-53-4)37-47(41-49)55-33-30-28-26-24-22-20-18-16-14-12-10-8-6-2/h36-43H,5-35H2,1-4H3. The maximum absolute atomic E-state index is 6.14. The minimum atomic E-state index is 0.496. The first-order valence-corrected chi connectivity index (χ1v) is 23.1. The van der Waals surface area contributed by atoms with Crippen LogP contribution in [0.4, 0.5) is 0 Å². The van der Waals surface area contributed by atoms with Gasteiger partial charge in [0.25, 0.3) is 0 Å². The zero-order valence-electron chi connectivity index (χ0n) is 36.9. The Morgan fingerprint density at radius 1 is 0.333 bits per heavy atom. The molecule has 324 valence electrons. The van der Waals surface area contributed by atoms with E-state index in [1.165, 1.54) is 154 Å². The van der Waals surface area contributed by atoms with Gasteiger partial charge in [0.1, 0.15) is 37.2 Å². The maximum atomic E-state index is 6.14. The van der Waals surface area contributed by atoms with Gasteiger partial charge in [-0.1, -0.05) is 178 Å². The highest BCUT2D eigenvalue weighted by molar-refractivity contribution is 5.81. The highest BCUT2D eigenvalue weighted by atomic mass is 16.6. The molecule has 0 fully saturated rings. The Morgan fingerprint density at radius 3 is 0.842 bits per heavy atom. The molecule has 0 aliphatic rings. The van der Waals surface area contributed by atoms with E-state index in [2.05, 4.69) is 24.2 Å². The Labute approximate surface area is 348 Å². The molecule has 2 aromatic carbocycles. The van der Waals surface area contributed by atoms with Gasteiger partial charge >= 0.3 is 0 Å². The maximum Gasteiger partial charge on any atom is 0.123 e. The quantitative estimate of drug-likeness (QED) is 0.0380. The topological polar surface area (TPSA) is 80.1 Å². The molecule has 8 heteroatoms. The molecule has 0 N–H and O–H groups in total. The first-order chi connectivity index (χ1) is 28.2. The first-order valence-electron chi connectivity index (χ1n) is 23.1. The highest BCUT2D eigenvalue weighted by Gasteiger charge is 2.06. The number of nitrogens with zero attached hydrogens (tertiary/aromatic N) is 2. The van der Waals surface area contributed by atoms with Gasteiger partial charge < -0.3 is 28.6 Å². The number of unbranched alkanes of at least 4 members (excludes halogenated alkanes) is 24. The van der Waals surface area contributed by atoms with Gasteiger partial charge in [-0.25, -0.2) is 0 Å². The van der Waals surface area contributed by atoms with E-state index >= 15 is 0 Å². The summed E-state index contributed by atoms with van der Waals surface area (Å²) in [4.78, 5) is 9.84. The minimum Gasteiger partial charge on any atom is -0.493 e. The van der Waals surface area contributed by atoms with Gasteiger partial charge in [-0.3, -0.25) is 0 Å². The molecular formula is C49H82N2O6. The summed E-state index contributed by atoms with van der Waals surface area (Å²) in [6.45, 7) is 6.93. The Balaban J connectivity index is 1.68. The van der Waals surface area contributed by atoms with Crippen LogP contribution in [0.5, 0.6) is 23.0 Å². The van der Waals surface area contributed by atoms with Crippen LogP contribution in [-0.2, 0) is 9.68 Å². The molecule has 0 radical (unpaired) electrons. The lowest BCUT2D eigenvalue weighted by molar-refractivity contribution is 0.215. The van der Waals surface area contributed by atoms with Gasteiger partial charge in [0.15, 0.2) is 0 Å². The summed E-state index contributed by atoms with van der Waals surface area (Å²) in [6, 6.07) is 11.7. The van der Waals surface area contributed by atoms with Crippen molar-refractivity contribution in [2.45, 2.75) is 187 Å². The molecule has 57 heavy (non-hydrogen) atoms. The molecule has 0 spiro atoms. The summed E-state index contributed by atoms with van der Waals surface area (Å²) in [6.07, 6.45) is 38.7. The zero-order valence-corrected chi connectivity index (χ0v) is 36.9. The molecule has 0 aromatic heterocycles. The largest absolute Gasteiger partial charge is 0.493 e. The van der Waals surface area contributed by atoms with Gasteiger partial charge in [-0.15, -0.1) is 0 Å². The summed E-state index contributed by atoms with van der Waals surface area (Å²) >= 11 is 0. The van der Waals surface area contributed by atoms with Crippen LogP contribution in [-0.4, -0.2) is 53.1 Å². The Bertz CT molecular complexity index is 1170. The van der Waals surface area contributed by atoms with Crippen LogP contribution in [0, 0.1) is 0 Å². The summed E-state index contributed by atoms with van der Waals surface area (Å²) in [5.74, 6) is 3.02. The summed E-state index contributed by atoms with van der Waals surface area (Å²) < 4.78 is 24.6. The lowest BCUT2D eigenvalue weighted by Crippen LogP contribution is -2.06. The molecule has 0 aliphatic heterocycles. The van der Waals surface area contributed by atoms with Crippen LogP contribution < -0.4 is 18.9 Å². The summed E-state index contributed by atoms with van der Waals surface area (Å²) in [5, 5.41) is 7.89. The van der Waals surface area contributed by atoms with Crippen molar-refractivity contribution in [1.82, 2.24) is 0 Å². The molecular weight excluding hydrogens is 713 g/mol. The van der Waals surface area contributed by atoms with Gasteiger partial charge in [-0.05, 0) is 37.1 Å². The molecule has 0 amide bonds. The fourth-order valence-electron chi connectivity index (χ4n) is 6.96. The predicted molar refractivity (Wildman–Crippen MR) is 240 cm³/mol. The average molecular weight is 795 g/mol. The Morgan fingerprint density at radius 2 is 0.579 bits per heavy atom. The third kappa shape index (κ3) is 28.6. The molecule has 0 atom stereocenters. The van der Waals surface area contributed by atoms with Crippen LogP contribution in [0.3, 0.4) is 0 Å². The van der Waals surface area contributed by atoms with Crippen molar-refractivity contribution in [3.8, 4) is 23.0 Å². The predicted octanol–water partition coefficient (Wildman–Crippen LogP) is 14.4. The second-order valence-electron chi connectivity index (χ2n) is 15.5. The van der Waals surface area contributed by atoms with Crippen LogP contribution in [0.1, 0.15) is 198 Å². The van der Waals surface area contributed by atoms with Crippen molar-refractivity contribution in [1.29, 1.82) is 0 Å². The molecule has 0 unspecified atom stereocenters. The Kier molecular flexibility index (Phi) is 32.2. The van der Waals surface area contributed by atoms with Crippen molar-refractivity contribution in [3.05, 3.63) is 47.5 Å². The van der Waals surface area contributed by atoms with Crippen LogP contribution >= 0.6 is 0 Å². The second-order valence-corrected chi connectivity index (χ2v) is 15.5. The molecule has 0 saturated heterocycles. The minimum absolute atomic E-state index is 0.496. The van der Waals surface area contributed by atoms with E-state index in [-0.39, 0.29) is 0 Å².